The molecule has 0 bridgehead atoms. The Morgan fingerprint density at radius 2 is 2.33 bits per heavy atom. The Morgan fingerprint density at radius 1 is 1.50 bits per heavy atom. The number of aryl methyl sites for hydroxylation is 1. The average Bonchev–Trinajstić information content (AvgIpc) is 2.07. The number of hydrogen-bond donors (Lipinski definition) is 2. The third-order valence-electron chi connectivity index (χ3n) is 2.38. The molecule has 0 amide bonds. The summed E-state index contributed by atoms with van der Waals surface area (Å²) >= 11 is 0. The summed E-state index contributed by atoms with van der Waals surface area (Å²) in [6, 6.07) is 6.04. The molecular weight excluding hydrogens is 150 g/mol. The molecule has 0 aromatic heterocycles. The molecule has 1 atom stereocenters. The van der Waals surface area contributed by atoms with E-state index in [1.807, 2.05) is 12.1 Å². The van der Waals surface area contributed by atoms with Gasteiger partial charge >= 0.3 is 0 Å². The van der Waals surface area contributed by atoms with Crippen LogP contribution in [0.15, 0.2) is 18.2 Å². The largest absolute Gasteiger partial charge is 0.388 e. The van der Waals surface area contributed by atoms with Crippen LogP contribution in [-0.2, 0) is 0 Å². The maximum absolute atomic E-state index is 9.65. The molecule has 0 saturated heterocycles. The molecule has 0 saturated carbocycles. The number of para-hydroxylation sites is 1. The summed E-state index contributed by atoms with van der Waals surface area (Å²) in [5.74, 6) is 0. The molecular formula is C10H13NO. The van der Waals surface area contributed by atoms with Crippen molar-refractivity contribution in [1.29, 1.82) is 0 Å². The number of anilines is 1. The fourth-order valence-corrected chi connectivity index (χ4v) is 1.70. The topological polar surface area (TPSA) is 32.3 Å². The lowest BCUT2D eigenvalue weighted by molar-refractivity contribution is 0.168. The average molecular weight is 163 g/mol. The van der Waals surface area contributed by atoms with Crippen molar-refractivity contribution in [2.24, 2.45) is 0 Å². The van der Waals surface area contributed by atoms with Crippen LogP contribution < -0.4 is 5.32 Å². The number of rotatable bonds is 0. The summed E-state index contributed by atoms with van der Waals surface area (Å²) in [6.07, 6.45) is 0.539. The van der Waals surface area contributed by atoms with E-state index in [-0.39, 0.29) is 6.10 Å². The van der Waals surface area contributed by atoms with Gasteiger partial charge in [-0.2, -0.15) is 0 Å². The van der Waals surface area contributed by atoms with E-state index in [2.05, 4.69) is 18.3 Å². The number of fused-ring (bicyclic) bond motifs is 1. The number of hydrogen-bond acceptors (Lipinski definition) is 2. The summed E-state index contributed by atoms with van der Waals surface area (Å²) in [5, 5.41) is 12.9. The molecule has 1 aromatic carbocycles. The van der Waals surface area contributed by atoms with E-state index in [4.69, 9.17) is 0 Å². The van der Waals surface area contributed by atoms with Crippen LogP contribution >= 0.6 is 0 Å². The van der Waals surface area contributed by atoms with Crippen molar-refractivity contribution >= 4 is 5.69 Å². The van der Waals surface area contributed by atoms with Crippen LogP contribution in [0.3, 0.4) is 0 Å². The smallest absolute Gasteiger partial charge is 0.0826 e. The first-order valence-electron chi connectivity index (χ1n) is 4.30. The van der Waals surface area contributed by atoms with Crippen LogP contribution in [0, 0.1) is 6.92 Å². The van der Waals surface area contributed by atoms with Gasteiger partial charge in [-0.15, -0.1) is 0 Å². The molecule has 1 aliphatic rings. The van der Waals surface area contributed by atoms with Gasteiger partial charge in [-0.1, -0.05) is 18.2 Å². The van der Waals surface area contributed by atoms with Crippen molar-refractivity contribution in [2.75, 3.05) is 11.9 Å². The van der Waals surface area contributed by atoms with Gasteiger partial charge < -0.3 is 10.4 Å². The molecule has 1 aliphatic heterocycles. The molecule has 64 valence electrons. The van der Waals surface area contributed by atoms with E-state index in [9.17, 15) is 5.11 Å². The molecule has 1 unspecified atom stereocenters. The molecule has 0 spiro atoms. The van der Waals surface area contributed by atoms with Crippen molar-refractivity contribution < 1.29 is 5.11 Å². The molecule has 2 nitrogen and oxygen atoms in total. The Labute approximate surface area is 72.2 Å². The van der Waals surface area contributed by atoms with Crippen molar-refractivity contribution in [3.63, 3.8) is 0 Å². The first kappa shape index (κ1) is 7.62. The molecule has 0 aliphatic carbocycles. The molecule has 12 heavy (non-hydrogen) atoms. The lowest BCUT2D eigenvalue weighted by atomic mass is 9.98. The van der Waals surface area contributed by atoms with Crippen LogP contribution in [0.5, 0.6) is 0 Å². The first-order valence-corrected chi connectivity index (χ1v) is 4.30. The van der Waals surface area contributed by atoms with Crippen molar-refractivity contribution in [3.8, 4) is 0 Å². The van der Waals surface area contributed by atoms with Gasteiger partial charge in [0.05, 0.1) is 6.10 Å². The van der Waals surface area contributed by atoms with E-state index in [0.717, 1.165) is 24.2 Å². The van der Waals surface area contributed by atoms with E-state index in [1.54, 1.807) is 0 Å². The summed E-state index contributed by atoms with van der Waals surface area (Å²) in [7, 11) is 0. The predicted octanol–water partition coefficient (Wildman–Crippen LogP) is 1.84. The Kier molecular flexibility index (Phi) is 1.77. The van der Waals surface area contributed by atoms with Crippen molar-refractivity contribution in [2.45, 2.75) is 19.4 Å². The SMILES string of the molecule is Cc1cccc2c1NCCC2O. The number of benzene rings is 1. The van der Waals surface area contributed by atoms with Crippen molar-refractivity contribution in [1.82, 2.24) is 0 Å². The van der Waals surface area contributed by atoms with Crippen LogP contribution in [0.4, 0.5) is 5.69 Å². The zero-order valence-corrected chi connectivity index (χ0v) is 7.17. The Balaban J connectivity index is 2.52. The normalized spacial score (nSPS) is 21.3. The summed E-state index contributed by atoms with van der Waals surface area (Å²) in [4.78, 5) is 0. The van der Waals surface area contributed by atoms with Gasteiger partial charge in [-0.3, -0.25) is 0 Å². The summed E-state index contributed by atoms with van der Waals surface area (Å²) in [6.45, 7) is 2.93. The van der Waals surface area contributed by atoms with Crippen LogP contribution in [0.25, 0.3) is 0 Å². The van der Waals surface area contributed by atoms with Gasteiger partial charge in [0, 0.05) is 17.8 Å². The molecule has 1 aromatic rings. The highest BCUT2D eigenvalue weighted by Crippen LogP contribution is 2.31. The zero-order valence-electron chi connectivity index (χ0n) is 7.17. The van der Waals surface area contributed by atoms with Gasteiger partial charge in [0.15, 0.2) is 0 Å². The fraction of sp³-hybridized carbons (Fsp3) is 0.400. The lowest BCUT2D eigenvalue weighted by Crippen LogP contribution is -2.17. The monoisotopic (exact) mass is 163 g/mol. The number of aliphatic hydroxyl groups excluding tert-OH is 1. The highest BCUT2D eigenvalue weighted by molar-refractivity contribution is 5.59. The quantitative estimate of drug-likeness (QED) is 0.611. The van der Waals surface area contributed by atoms with E-state index < -0.39 is 0 Å². The first-order chi connectivity index (χ1) is 5.79. The molecule has 2 rings (SSSR count). The molecule has 0 radical (unpaired) electrons. The molecule has 1 heterocycles. The minimum Gasteiger partial charge on any atom is -0.388 e. The summed E-state index contributed by atoms with van der Waals surface area (Å²) < 4.78 is 0. The second kappa shape index (κ2) is 2.79. The zero-order chi connectivity index (χ0) is 8.55. The Bertz CT molecular complexity index is 296. The Hall–Kier alpha value is -1.02. The number of nitrogens with one attached hydrogen (secondary N) is 1. The highest BCUT2D eigenvalue weighted by Gasteiger charge is 2.17. The van der Waals surface area contributed by atoms with E-state index >= 15 is 0 Å². The van der Waals surface area contributed by atoms with Crippen molar-refractivity contribution in [3.05, 3.63) is 29.3 Å². The third kappa shape index (κ3) is 1.08. The second-order valence-corrected chi connectivity index (χ2v) is 3.27. The minimum atomic E-state index is -0.277. The third-order valence-corrected chi connectivity index (χ3v) is 2.38. The van der Waals surface area contributed by atoms with Crippen LogP contribution in [-0.4, -0.2) is 11.7 Å². The Morgan fingerprint density at radius 3 is 3.08 bits per heavy atom. The molecule has 0 fully saturated rings. The fourth-order valence-electron chi connectivity index (χ4n) is 1.70. The van der Waals surface area contributed by atoms with Crippen LogP contribution in [0.2, 0.25) is 0 Å². The number of aliphatic hydroxyl groups is 1. The lowest BCUT2D eigenvalue weighted by Gasteiger charge is -2.24. The highest BCUT2D eigenvalue weighted by atomic mass is 16.3. The van der Waals surface area contributed by atoms with E-state index in [0.29, 0.717) is 0 Å². The van der Waals surface area contributed by atoms with Gasteiger partial charge in [0.2, 0.25) is 0 Å². The second-order valence-electron chi connectivity index (χ2n) is 3.27. The van der Waals surface area contributed by atoms with Gasteiger partial charge in [-0.05, 0) is 18.9 Å². The standard InChI is InChI=1S/C10H13NO/c1-7-3-2-4-8-9(12)5-6-11-10(7)8/h2-4,9,11-12H,5-6H2,1H3. The van der Waals surface area contributed by atoms with Gasteiger partial charge in [-0.25, -0.2) is 0 Å². The van der Waals surface area contributed by atoms with Gasteiger partial charge in [0.1, 0.15) is 0 Å². The van der Waals surface area contributed by atoms with E-state index in [1.165, 1.54) is 5.56 Å². The van der Waals surface area contributed by atoms with Gasteiger partial charge in [0.25, 0.3) is 0 Å². The maximum Gasteiger partial charge on any atom is 0.0826 e. The predicted molar refractivity (Wildman–Crippen MR) is 49.2 cm³/mol. The summed E-state index contributed by atoms with van der Waals surface area (Å²) in [5.41, 5.74) is 3.38. The van der Waals surface area contributed by atoms with Crippen LogP contribution in [0.1, 0.15) is 23.7 Å². The molecule has 2 heteroatoms. The molecule has 2 N–H and O–H groups in total. The maximum atomic E-state index is 9.65. The minimum absolute atomic E-state index is 0.277.